The van der Waals surface area contributed by atoms with Gasteiger partial charge in [0.05, 0.1) is 12.0 Å². The van der Waals surface area contributed by atoms with Crippen LogP contribution in [-0.4, -0.2) is 42.7 Å². The molecule has 5 heteroatoms. The van der Waals surface area contributed by atoms with Crippen LogP contribution < -0.4 is 10.1 Å². The van der Waals surface area contributed by atoms with Crippen molar-refractivity contribution in [2.24, 2.45) is 5.92 Å². The Hall–Kier alpha value is -3.31. The van der Waals surface area contributed by atoms with E-state index in [0.29, 0.717) is 5.71 Å². The van der Waals surface area contributed by atoms with Gasteiger partial charge in [-0.3, -0.25) is 0 Å². The van der Waals surface area contributed by atoms with Gasteiger partial charge < -0.3 is 19.4 Å². The number of likely N-dealkylation sites (tertiary alicyclic amines) is 1. The van der Waals surface area contributed by atoms with Crippen LogP contribution in [0.2, 0.25) is 0 Å². The number of benzene rings is 2. The molecule has 1 aliphatic rings. The Kier molecular flexibility index (Phi) is 17.1. The van der Waals surface area contributed by atoms with Crippen LogP contribution in [0.3, 0.4) is 0 Å². The lowest BCUT2D eigenvalue weighted by Crippen LogP contribution is -2.33. The maximum Gasteiger partial charge on any atom is 0.228 e. The van der Waals surface area contributed by atoms with E-state index in [-0.39, 0.29) is 0 Å². The molecule has 0 radical (unpaired) electrons. The van der Waals surface area contributed by atoms with Crippen LogP contribution >= 0.6 is 0 Å². The van der Waals surface area contributed by atoms with E-state index in [0.717, 1.165) is 60.2 Å². The van der Waals surface area contributed by atoms with Gasteiger partial charge in [-0.2, -0.15) is 0 Å². The lowest BCUT2D eigenvalue weighted by Gasteiger charge is -2.26. The van der Waals surface area contributed by atoms with Crippen LogP contribution in [0.5, 0.6) is 5.75 Å². The Morgan fingerprint density at radius 1 is 0.929 bits per heavy atom. The number of piperidine rings is 1. The van der Waals surface area contributed by atoms with Gasteiger partial charge >= 0.3 is 0 Å². The van der Waals surface area contributed by atoms with Crippen molar-refractivity contribution in [2.75, 3.05) is 38.1 Å². The summed E-state index contributed by atoms with van der Waals surface area (Å²) >= 11 is 0. The van der Waals surface area contributed by atoms with Gasteiger partial charge in [0.25, 0.3) is 0 Å². The number of anilines is 1. The van der Waals surface area contributed by atoms with E-state index < -0.39 is 0 Å². The van der Waals surface area contributed by atoms with E-state index in [1.807, 2.05) is 62.4 Å². The van der Waals surface area contributed by atoms with Crippen LogP contribution in [0.25, 0.3) is 22.4 Å². The fourth-order valence-electron chi connectivity index (χ4n) is 4.24. The molecule has 0 bridgehead atoms. The largest absolute Gasteiger partial charge is 0.494 e. The summed E-state index contributed by atoms with van der Waals surface area (Å²) in [6.45, 7) is 20.0. The van der Waals surface area contributed by atoms with E-state index in [1.165, 1.54) is 44.3 Å². The summed E-state index contributed by atoms with van der Waals surface area (Å²) in [4.78, 5) is 6.94. The maximum atomic E-state index is 6.01. The van der Waals surface area contributed by atoms with Gasteiger partial charge in [0.1, 0.15) is 11.5 Å². The molecule has 5 nitrogen and oxygen atoms in total. The van der Waals surface area contributed by atoms with E-state index >= 15 is 0 Å². The molecule has 42 heavy (non-hydrogen) atoms. The second-order valence-electron chi connectivity index (χ2n) is 10.8. The number of nitrogens with one attached hydrogen (secondary N) is 1. The molecule has 2 aromatic heterocycles. The Morgan fingerprint density at radius 3 is 2.17 bits per heavy atom. The molecule has 1 saturated heterocycles. The monoisotopic (exact) mass is 573 g/mol. The van der Waals surface area contributed by atoms with Gasteiger partial charge in [-0.1, -0.05) is 90.3 Å². The topological polar surface area (TPSA) is 50.5 Å². The first kappa shape index (κ1) is 34.9. The zero-order chi connectivity index (χ0) is 30.6. The van der Waals surface area contributed by atoms with Gasteiger partial charge in [-0.05, 0) is 81.6 Å². The number of fused-ring (bicyclic) bond motifs is 1. The first-order valence-corrected chi connectivity index (χ1v) is 16.1. The van der Waals surface area contributed by atoms with Crippen molar-refractivity contribution in [3.63, 3.8) is 0 Å². The first-order valence-electron chi connectivity index (χ1n) is 16.1. The summed E-state index contributed by atoms with van der Waals surface area (Å²) in [7, 11) is 0. The summed E-state index contributed by atoms with van der Waals surface area (Å²) in [5.74, 6) is 2.60. The first-order chi connectivity index (χ1) is 20.5. The van der Waals surface area contributed by atoms with Gasteiger partial charge in [-0.25, -0.2) is 4.98 Å². The molecule has 0 amide bonds. The van der Waals surface area contributed by atoms with Crippen molar-refractivity contribution in [3.8, 4) is 17.1 Å². The van der Waals surface area contributed by atoms with Crippen LogP contribution in [0, 0.1) is 12.8 Å². The number of pyridine rings is 1. The van der Waals surface area contributed by atoms with E-state index in [4.69, 9.17) is 9.15 Å². The Bertz CT molecular complexity index is 1210. The zero-order valence-electron chi connectivity index (χ0n) is 27.3. The van der Waals surface area contributed by atoms with Crippen molar-refractivity contribution >= 4 is 16.8 Å². The van der Waals surface area contributed by atoms with Gasteiger partial charge in [0.15, 0.2) is 0 Å². The highest BCUT2D eigenvalue weighted by Crippen LogP contribution is 2.31. The van der Waals surface area contributed by atoms with Crippen molar-refractivity contribution in [1.82, 2.24) is 9.88 Å². The molecule has 3 heterocycles. The van der Waals surface area contributed by atoms with Crippen molar-refractivity contribution in [2.45, 2.75) is 80.6 Å². The highest BCUT2D eigenvalue weighted by molar-refractivity contribution is 5.91. The minimum Gasteiger partial charge on any atom is -0.494 e. The number of hydrogen-bond acceptors (Lipinski definition) is 5. The van der Waals surface area contributed by atoms with Gasteiger partial charge in [0, 0.05) is 30.5 Å². The van der Waals surface area contributed by atoms with Gasteiger partial charge in [-0.15, -0.1) is 0 Å². The second kappa shape index (κ2) is 20.5. The lowest BCUT2D eigenvalue weighted by molar-refractivity contribution is 0.237. The zero-order valence-corrected chi connectivity index (χ0v) is 27.3. The molecule has 0 unspecified atom stereocenters. The third-order valence-corrected chi connectivity index (χ3v) is 7.00. The SMILES string of the molecule is CC.CCC(C)C.CCCOc1ccc(-c2cc3c(NCCN4CCCCC4)ccnc3o2)cc1.Cc1ccccc1. The third kappa shape index (κ3) is 12.7. The van der Waals surface area contributed by atoms with Crippen molar-refractivity contribution in [1.29, 1.82) is 0 Å². The maximum absolute atomic E-state index is 6.01. The summed E-state index contributed by atoms with van der Waals surface area (Å²) in [5, 5.41) is 4.60. The standard InChI is InChI=1S/C23H29N3O2.C7H8.C5H12.C2H6/c1-2-16-27-19-8-6-18(7-9-19)22-17-20-21(10-11-25-23(20)28-22)24-12-15-26-13-4-3-5-14-26;1-7-5-3-2-4-6-7;1-4-5(2)3;1-2/h6-11,17H,2-5,12-16H2,1H3,(H,24,25);2-6H,1H3;5H,4H2,1-3H3;1-2H3. The molecule has 5 rings (SSSR count). The van der Waals surface area contributed by atoms with Crippen LogP contribution in [0.4, 0.5) is 5.69 Å². The third-order valence-electron chi connectivity index (χ3n) is 7.00. The number of nitrogens with zero attached hydrogens (tertiary/aromatic N) is 2. The number of hydrogen-bond donors (Lipinski definition) is 1. The average molecular weight is 574 g/mol. The number of ether oxygens (including phenoxy) is 1. The number of rotatable bonds is 9. The normalized spacial score (nSPS) is 12.8. The predicted molar refractivity (Wildman–Crippen MR) is 182 cm³/mol. The summed E-state index contributed by atoms with van der Waals surface area (Å²) in [6, 6.07) is 22.4. The smallest absolute Gasteiger partial charge is 0.228 e. The predicted octanol–water partition coefficient (Wildman–Crippen LogP) is 10.3. The number of furan rings is 1. The van der Waals surface area contributed by atoms with Crippen LogP contribution in [0.1, 0.15) is 79.2 Å². The number of aromatic nitrogens is 1. The molecule has 0 spiro atoms. The van der Waals surface area contributed by atoms with E-state index in [2.05, 4.69) is 68.0 Å². The molecule has 4 aromatic rings. The highest BCUT2D eigenvalue weighted by Gasteiger charge is 2.12. The molecular weight excluding hydrogens is 518 g/mol. The summed E-state index contributed by atoms with van der Waals surface area (Å²) in [6.07, 6.45) is 8.14. The Labute approximate surface area is 255 Å². The lowest BCUT2D eigenvalue weighted by atomic mass is 10.1. The minimum atomic E-state index is 0.671. The van der Waals surface area contributed by atoms with Crippen molar-refractivity contribution < 1.29 is 9.15 Å². The molecule has 1 N–H and O–H groups in total. The molecule has 1 fully saturated rings. The van der Waals surface area contributed by atoms with E-state index in [1.54, 1.807) is 6.20 Å². The minimum absolute atomic E-state index is 0.671. The molecule has 2 aromatic carbocycles. The molecule has 1 aliphatic heterocycles. The van der Waals surface area contributed by atoms with E-state index in [9.17, 15) is 0 Å². The fraction of sp³-hybridized carbons (Fsp3) is 0.486. The highest BCUT2D eigenvalue weighted by atomic mass is 16.5. The second-order valence-corrected chi connectivity index (χ2v) is 10.8. The molecule has 230 valence electrons. The molecule has 0 atom stereocenters. The van der Waals surface area contributed by atoms with Crippen LogP contribution in [-0.2, 0) is 0 Å². The average Bonchev–Trinajstić information content (AvgIpc) is 3.48. The summed E-state index contributed by atoms with van der Waals surface area (Å²) in [5.41, 5.74) is 4.10. The van der Waals surface area contributed by atoms with Crippen LogP contribution in [0.15, 0.2) is 77.3 Å². The summed E-state index contributed by atoms with van der Waals surface area (Å²) < 4.78 is 11.7. The molecule has 0 aliphatic carbocycles. The van der Waals surface area contributed by atoms with Gasteiger partial charge in [0.2, 0.25) is 5.71 Å². The quantitative estimate of drug-likeness (QED) is 0.216. The number of aryl methyl sites for hydroxylation is 1. The Balaban J connectivity index is 0.000000365. The molecule has 0 saturated carbocycles. The Morgan fingerprint density at radius 2 is 1.60 bits per heavy atom. The molecular formula is C37H55N3O2. The fourth-order valence-corrected chi connectivity index (χ4v) is 4.24. The van der Waals surface area contributed by atoms with Crippen molar-refractivity contribution in [3.05, 3.63) is 78.5 Å².